The fourth-order valence-electron chi connectivity index (χ4n) is 3.88. The van der Waals surface area contributed by atoms with Gasteiger partial charge in [0.2, 0.25) is 15.9 Å². The van der Waals surface area contributed by atoms with E-state index in [-0.39, 0.29) is 49.4 Å². The van der Waals surface area contributed by atoms with Gasteiger partial charge in [-0.2, -0.15) is 8.78 Å². The van der Waals surface area contributed by atoms with Crippen LogP contribution in [0.2, 0.25) is 0 Å². The van der Waals surface area contributed by atoms with Crippen molar-refractivity contribution in [1.82, 2.24) is 9.55 Å². The first-order valence-electron chi connectivity index (χ1n) is 9.73. The first-order valence-corrected chi connectivity index (χ1v) is 11.3. The highest BCUT2D eigenvalue weighted by Gasteiger charge is 2.38. The lowest BCUT2D eigenvalue weighted by atomic mass is 9.86. The molecule has 29 heavy (non-hydrogen) atoms. The first-order chi connectivity index (χ1) is 13.4. The summed E-state index contributed by atoms with van der Waals surface area (Å²) in [6.45, 7) is 0.926. The predicted octanol–water partition coefficient (Wildman–Crippen LogP) is 4.88. The average Bonchev–Trinajstić information content (AvgIpc) is 3.40. The molecule has 5 nitrogen and oxygen atoms in total. The van der Waals surface area contributed by atoms with E-state index in [0.29, 0.717) is 18.4 Å². The molecule has 2 aliphatic rings. The van der Waals surface area contributed by atoms with E-state index in [4.69, 9.17) is 0 Å². The maximum atomic E-state index is 14.2. The van der Waals surface area contributed by atoms with Crippen molar-refractivity contribution >= 4 is 26.7 Å². The minimum Gasteiger partial charge on any atom is -0.323 e. The quantitative estimate of drug-likeness (QED) is 0.661. The maximum Gasteiger partial charge on any atom is 0.302 e. The molecule has 0 spiro atoms. The summed E-state index contributed by atoms with van der Waals surface area (Å²) in [4.78, 5) is 4.06. The molecule has 0 unspecified atom stereocenters. The van der Waals surface area contributed by atoms with Gasteiger partial charge < -0.3 is 4.57 Å². The Bertz CT molecular complexity index is 1020. The molecule has 4 rings (SSSR count). The average molecular weight is 433 g/mol. The Morgan fingerprint density at radius 3 is 2.45 bits per heavy atom. The molecule has 0 bridgehead atoms. The van der Waals surface area contributed by atoms with Gasteiger partial charge in [-0.15, -0.1) is 0 Å². The largest absolute Gasteiger partial charge is 0.323 e. The van der Waals surface area contributed by atoms with Crippen LogP contribution in [0.3, 0.4) is 0 Å². The fourth-order valence-corrected chi connectivity index (χ4v) is 5.26. The minimum atomic E-state index is -3.48. The van der Waals surface area contributed by atoms with Crippen molar-refractivity contribution < 1.29 is 26.0 Å². The molecule has 0 radical (unpaired) electrons. The highest BCUT2D eigenvalue weighted by atomic mass is 32.2. The van der Waals surface area contributed by atoms with Crippen LogP contribution < -0.4 is 4.72 Å². The summed E-state index contributed by atoms with van der Waals surface area (Å²) < 4.78 is 83.4. The van der Waals surface area contributed by atoms with Crippen LogP contribution in [-0.2, 0) is 22.5 Å². The number of imidazole rings is 1. The van der Waals surface area contributed by atoms with Crippen molar-refractivity contribution in [3.05, 3.63) is 24.0 Å². The van der Waals surface area contributed by atoms with Gasteiger partial charge in [-0.25, -0.2) is 22.2 Å². The molecule has 2 aliphatic carbocycles. The molecule has 0 aliphatic heterocycles. The van der Waals surface area contributed by atoms with Crippen molar-refractivity contribution in [2.75, 3.05) is 4.72 Å². The second-order valence-corrected chi connectivity index (χ2v) is 10.2. The van der Waals surface area contributed by atoms with Gasteiger partial charge >= 0.3 is 5.92 Å². The van der Waals surface area contributed by atoms with Crippen molar-refractivity contribution in [3.8, 4) is 0 Å². The normalized spacial score (nSPS) is 20.9. The molecule has 2 aromatic rings. The second kappa shape index (κ2) is 6.85. The zero-order chi connectivity index (χ0) is 21.0. The van der Waals surface area contributed by atoms with Gasteiger partial charge in [-0.05, 0) is 49.8 Å². The van der Waals surface area contributed by atoms with E-state index >= 15 is 0 Å². The smallest absolute Gasteiger partial charge is 0.302 e. The number of hydrogen-bond donors (Lipinski definition) is 1. The summed E-state index contributed by atoms with van der Waals surface area (Å²) in [6.07, 6.45) is 1.27. The highest BCUT2D eigenvalue weighted by molar-refractivity contribution is 7.93. The van der Waals surface area contributed by atoms with Gasteiger partial charge in [-0.1, -0.05) is 0 Å². The molecule has 2 saturated carbocycles. The monoisotopic (exact) mass is 433 g/mol. The summed E-state index contributed by atoms with van der Waals surface area (Å²) in [6, 6.07) is 4.52. The SMILES string of the molecule is CC(F)(F)c1nc2cc(NS(=O)(=O)C3CC3)ccc2n1CC1CCC(F)(F)CC1. The minimum absolute atomic E-state index is 0.138. The van der Waals surface area contributed by atoms with E-state index in [1.54, 1.807) is 6.07 Å². The van der Waals surface area contributed by atoms with Crippen LogP contribution in [0.5, 0.6) is 0 Å². The van der Waals surface area contributed by atoms with E-state index in [9.17, 15) is 26.0 Å². The predicted molar refractivity (Wildman–Crippen MR) is 102 cm³/mol. The lowest BCUT2D eigenvalue weighted by Crippen LogP contribution is -2.28. The van der Waals surface area contributed by atoms with Crippen LogP contribution in [0, 0.1) is 5.92 Å². The van der Waals surface area contributed by atoms with Crippen molar-refractivity contribution in [3.63, 3.8) is 0 Å². The molecule has 1 aromatic carbocycles. The molecule has 1 aromatic heterocycles. The maximum absolute atomic E-state index is 14.2. The number of anilines is 1. The fraction of sp³-hybridized carbons (Fsp3) is 0.632. The third-order valence-corrected chi connectivity index (χ3v) is 7.51. The van der Waals surface area contributed by atoms with Crippen LogP contribution in [-0.4, -0.2) is 29.1 Å². The summed E-state index contributed by atoms with van der Waals surface area (Å²) in [5, 5.41) is -0.407. The molecular weight excluding hydrogens is 410 g/mol. The van der Waals surface area contributed by atoms with Crippen molar-refractivity contribution in [2.24, 2.45) is 5.92 Å². The van der Waals surface area contributed by atoms with Gasteiger partial charge in [0.15, 0.2) is 5.82 Å². The molecule has 1 heterocycles. The lowest BCUT2D eigenvalue weighted by molar-refractivity contribution is -0.0483. The van der Waals surface area contributed by atoms with E-state index in [1.807, 2.05) is 0 Å². The van der Waals surface area contributed by atoms with Gasteiger partial charge in [0.05, 0.1) is 22.0 Å². The van der Waals surface area contributed by atoms with Crippen LogP contribution in [0.4, 0.5) is 23.2 Å². The standard InChI is InChI=1S/C19H23F4N3O2S/c1-18(20,21)17-24-15-10-13(25-29(27,28)14-3-4-14)2-5-16(15)26(17)11-12-6-8-19(22,23)9-7-12/h2,5,10,12,14,25H,3-4,6-9,11H2,1H3. The molecule has 1 N–H and O–H groups in total. The molecule has 0 amide bonds. The van der Waals surface area contributed by atoms with E-state index < -0.39 is 32.9 Å². The topological polar surface area (TPSA) is 64.0 Å². The summed E-state index contributed by atoms with van der Waals surface area (Å²) in [5.74, 6) is -6.47. The molecule has 10 heteroatoms. The van der Waals surface area contributed by atoms with Gasteiger partial charge in [0.25, 0.3) is 0 Å². The van der Waals surface area contributed by atoms with E-state index in [2.05, 4.69) is 9.71 Å². The summed E-state index contributed by atoms with van der Waals surface area (Å²) >= 11 is 0. The van der Waals surface area contributed by atoms with Gasteiger partial charge in [0.1, 0.15) is 0 Å². The van der Waals surface area contributed by atoms with Crippen molar-refractivity contribution in [1.29, 1.82) is 0 Å². The second-order valence-electron chi connectivity index (χ2n) is 8.28. The number of sulfonamides is 1. The molecular formula is C19H23F4N3O2S. The van der Waals surface area contributed by atoms with Gasteiger partial charge in [-0.3, -0.25) is 4.72 Å². The Balaban J connectivity index is 1.65. The van der Waals surface area contributed by atoms with Crippen LogP contribution in [0.1, 0.15) is 51.3 Å². The number of aromatic nitrogens is 2. The lowest BCUT2D eigenvalue weighted by Gasteiger charge is -2.29. The summed E-state index contributed by atoms with van der Waals surface area (Å²) in [7, 11) is -3.48. The molecule has 0 atom stereocenters. The van der Waals surface area contributed by atoms with Crippen LogP contribution in [0.15, 0.2) is 18.2 Å². The number of fused-ring (bicyclic) bond motifs is 1. The first kappa shape index (κ1) is 20.4. The number of alkyl halides is 4. The molecule has 0 saturated heterocycles. The Kier molecular flexibility index (Phi) is 4.83. The summed E-state index contributed by atoms with van der Waals surface area (Å²) in [5.41, 5.74) is 0.962. The third kappa shape index (κ3) is 4.36. The number of nitrogens with one attached hydrogen (secondary N) is 1. The Labute approximate surface area is 166 Å². The highest BCUT2D eigenvalue weighted by Crippen LogP contribution is 2.39. The van der Waals surface area contributed by atoms with Crippen molar-refractivity contribution in [2.45, 2.75) is 69.1 Å². The number of rotatable bonds is 6. The Morgan fingerprint density at radius 1 is 1.21 bits per heavy atom. The Hall–Kier alpha value is -1.84. The molecule has 160 valence electrons. The van der Waals surface area contributed by atoms with Gasteiger partial charge in [0, 0.05) is 26.3 Å². The number of benzene rings is 1. The van der Waals surface area contributed by atoms with E-state index in [1.165, 1.54) is 16.7 Å². The Morgan fingerprint density at radius 2 is 1.86 bits per heavy atom. The van der Waals surface area contributed by atoms with E-state index in [0.717, 1.165) is 6.92 Å². The number of nitrogens with zero attached hydrogens (tertiary/aromatic N) is 2. The van der Waals surface area contributed by atoms with Crippen LogP contribution >= 0.6 is 0 Å². The van der Waals surface area contributed by atoms with Crippen LogP contribution in [0.25, 0.3) is 11.0 Å². The number of halogens is 4. The zero-order valence-electron chi connectivity index (χ0n) is 16.0. The zero-order valence-corrected chi connectivity index (χ0v) is 16.8. The number of hydrogen-bond acceptors (Lipinski definition) is 3. The molecule has 2 fully saturated rings. The third-order valence-electron chi connectivity index (χ3n) is 5.64.